The number of fused-ring (bicyclic) bond motifs is 1. The Morgan fingerprint density at radius 1 is 1.00 bits per heavy atom. The van der Waals surface area contributed by atoms with Crippen molar-refractivity contribution in [1.29, 1.82) is 0 Å². The highest BCUT2D eigenvalue weighted by Gasteiger charge is 2.48. The van der Waals surface area contributed by atoms with Gasteiger partial charge in [-0.25, -0.2) is 4.79 Å². The van der Waals surface area contributed by atoms with Crippen molar-refractivity contribution in [3.05, 3.63) is 78.4 Å². The zero-order chi connectivity index (χ0) is 22.0. The molecule has 1 heterocycles. The molecule has 31 heavy (non-hydrogen) atoms. The number of hydrogen-bond donors (Lipinski definition) is 0. The summed E-state index contributed by atoms with van der Waals surface area (Å²) in [4.78, 5) is 40.6. The highest BCUT2D eigenvalue weighted by atomic mass is 16.5. The first-order valence-corrected chi connectivity index (χ1v) is 9.72. The smallest absolute Gasteiger partial charge is 0.493 e. The molecule has 0 bridgehead atoms. The molecule has 1 aliphatic carbocycles. The van der Waals surface area contributed by atoms with Gasteiger partial charge in [0.25, 0.3) is 0 Å². The Hall–Kier alpha value is -4.00. The highest BCUT2D eigenvalue weighted by molar-refractivity contribution is 6.26. The molecule has 2 aromatic carbocycles. The van der Waals surface area contributed by atoms with Gasteiger partial charge in [-0.2, -0.15) is 9.37 Å². The van der Waals surface area contributed by atoms with E-state index in [2.05, 4.69) is 0 Å². The molecule has 0 aromatic heterocycles. The number of allylic oxidation sites excluding steroid dienone is 3. The number of ether oxygens (including phenoxy) is 2. The van der Waals surface area contributed by atoms with Crippen molar-refractivity contribution in [1.82, 2.24) is 0 Å². The number of carbonyl (C=O) groups is 3. The van der Waals surface area contributed by atoms with Crippen LogP contribution < -0.4 is 14.4 Å². The van der Waals surface area contributed by atoms with E-state index in [0.29, 0.717) is 28.5 Å². The lowest BCUT2D eigenvalue weighted by molar-refractivity contribution is -0.413. The van der Waals surface area contributed by atoms with Crippen LogP contribution in [0.3, 0.4) is 0 Å². The van der Waals surface area contributed by atoms with Crippen LogP contribution in [0.25, 0.3) is 0 Å². The highest BCUT2D eigenvalue weighted by Crippen LogP contribution is 2.34. The minimum Gasteiger partial charge on any atom is -0.493 e. The van der Waals surface area contributed by atoms with Gasteiger partial charge in [-0.15, -0.1) is 4.90 Å². The summed E-state index contributed by atoms with van der Waals surface area (Å²) >= 11 is 0. The Bertz CT molecular complexity index is 1150. The van der Waals surface area contributed by atoms with Crippen molar-refractivity contribution in [2.45, 2.75) is 0 Å². The van der Waals surface area contributed by atoms with E-state index >= 15 is 0 Å². The summed E-state index contributed by atoms with van der Waals surface area (Å²) in [6, 6.07) is 13.0. The van der Waals surface area contributed by atoms with E-state index in [4.69, 9.17) is 9.47 Å². The number of imide groups is 1. The Balaban J connectivity index is 1.77. The normalized spacial score (nSPS) is 17.6. The maximum Gasteiger partial charge on any atom is 0.506 e. The Morgan fingerprint density at radius 3 is 2.45 bits per heavy atom. The summed E-state index contributed by atoms with van der Waals surface area (Å²) in [5.41, 5.74) is 1.32. The molecule has 0 spiro atoms. The van der Waals surface area contributed by atoms with Gasteiger partial charge >= 0.3 is 11.9 Å². The molecule has 4 rings (SSSR count). The van der Waals surface area contributed by atoms with Crippen molar-refractivity contribution in [2.75, 3.05) is 25.7 Å². The summed E-state index contributed by atoms with van der Waals surface area (Å²) in [7, 11) is 2.99. The van der Waals surface area contributed by atoms with Crippen LogP contribution in [-0.4, -0.2) is 48.8 Å². The summed E-state index contributed by atoms with van der Waals surface area (Å²) in [5, 5.41) is 0. The zero-order valence-corrected chi connectivity index (χ0v) is 17.1. The molecule has 0 saturated heterocycles. The third-order valence-corrected chi connectivity index (χ3v) is 5.24. The van der Waals surface area contributed by atoms with Crippen LogP contribution >= 0.6 is 0 Å². The summed E-state index contributed by atoms with van der Waals surface area (Å²) in [6.07, 6.45) is 6.92. The quantitative estimate of drug-likeness (QED) is 0.533. The van der Waals surface area contributed by atoms with Gasteiger partial charge in [0, 0.05) is 11.6 Å². The Kier molecular flexibility index (Phi) is 5.49. The maximum atomic E-state index is 13.4. The number of ketones is 1. The molecule has 1 atom stereocenters. The number of Topliss-reactive ketones (excluding diaryl/α,β-unsaturated/α-hetero) is 1. The van der Waals surface area contributed by atoms with Crippen LogP contribution in [-0.2, 0) is 4.79 Å². The first kappa shape index (κ1) is 20.3. The molecule has 156 valence electrons. The first-order chi connectivity index (χ1) is 15.0. The molecular formula is C24H21N2O5+. The van der Waals surface area contributed by atoms with E-state index in [9.17, 15) is 14.4 Å². The molecule has 1 aliphatic heterocycles. The van der Waals surface area contributed by atoms with Crippen LogP contribution in [0.4, 0.5) is 10.5 Å². The van der Waals surface area contributed by atoms with Crippen LogP contribution in [0, 0.1) is 5.92 Å². The fraction of sp³-hybridized carbons (Fsp3) is 0.167. The van der Waals surface area contributed by atoms with E-state index in [1.807, 2.05) is 6.07 Å². The van der Waals surface area contributed by atoms with Gasteiger partial charge < -0.3 is 9.47 Å². The summed E-state index contributed by atoms with van der Waals surface area (Å²) in [5.74, 6) is -0.409. The molecule has 1 unspecified atom stereocenters. The molecule has 3 amide bonds. The number of carbonyl (C=O) groups excluding carboxylic acids is 3. The number of rotatable bonds is 6. The molecule has 0 N–H and O–H groups in total. The van der Waals surface area contributed by atoms with Gasteiger partial charge in [0.1, 0.15) is 17.3 Å². The van der Waals surface area contributed by atoms with Crippen LogP contribution in [0.5, 0.6) is 11.5 Å². The molecule has 7 heteroatoms. The number of methoxy groups -OCH3 is 2. The maximum absolute atomic E-state index is 13.4. The van der Waals surface area contributed by atoms with Crippen LogP contribution in [0.15, 0.2) is 72.8 Å². The SMILES string of the molecule is COc1ccc(N2C(=O)C3C=CC=CC3=[N+](CC(=O)c3ccccc3)C2=O)cc1OC. The fourth-order valence-corrected chi connectivity index (χ4v) is 3.68. The second kappa shape index (κ2) is 8.39. The van der Waals surface area contributed by atoms with Gasteiger partial charge in [-0.1, -0.05) is 48.6 Å². The molecule has 0 radical (unpaired) electrons. The lowest BCUT2D eigenvalue weighted by Crippen LogP contribution is -2.55. The molecule has 0 saturated carbocycles. The van der Waals surface area contributed by atoms with Crippen molar-refractivity contribution in [3.8, 4) is 11.5 Å². The third kappa shape index (κ3) is 3.66. The van der Waals surface area contributed by atoms with E-state index in [0.717, 1.165) is 4.90 Å². The standard InChI is InChI=1S/C24H21N2O5/c1-30-21-13-12-17(14-22(21)31-2)26-23(28)18-10-6-7-11-19(18)25(24(26)29)15-20(27)16-8-4-3-5-9-16/h3-14,18H,15H2,1-2H3/q+1. The van der Waals surface area contributed by atoms with Gasteiger partial charge in [-0.05, 0) is 18.2 Å². The van der Waals surface area contributed by atoms with Gasteiger partial charge in [0.2, 0.25) is 5.78 Å². The number of anilines is 1. The predicted octanol–water partition coefficient (Wildman–Crippen LogP) is 3.25. The molecule has 7 nitrogen and oxygen atoms in total. The number of amides is 3. The topological polar surface area (TPSA) is 75.9 Å². The average molecular weight is 417 g/mol. The zero-order valence-electron chi connectivity index (χ0n) is 17.1. The minimum atomic E-state index is -0.667. The van der Waals surface area contributed by atoms with Crippen molar-refractivity contribution in [3.63, 3.8) is 0 Å². The average Bonchev–Trinajstić information content (AvgIpc) is 2.82. The Labute approximate surface area is 179 Å². The van der Waals surface area contributed by atoms with E-state index < -0.39 is 17.9 Å². The van der Waals surface area contributed by atoms with Crippen LogP contribution in [0.1, 0.15) is 10.4 Å². The molecule has 0 fully saturated rings. The number of hydrogen-bond acceptors (Lipinski definition) is 5. The first-order valence-electron chi connectivity index (χ1n) is 9.72. The summed E-state index contributed by atoms with van der Waals surface area (Å²) in [6.45, 7) is -0.177. The number of nitrogens with zero attached hydrogens (tertiary/aromatic N) is 2. The molecule has 2 aromatic rings. The van der Waals surface area contributed by atoms with Gasteiger partial charge in [-0.3, -0.25) is 4.79 Å². The lowest BCUT2D eigenvalue weighted by Gasteiger charge is -2.26. The van der Waals surface area contributed by atoms with Crippen LogP contribution in [0.2, 0.25) is 0 Å². The van der Waals surface area contributed by atoms with Crippen molar-refractivity contribution >= 4 is 29.1 Å². The lowest BCUT2D eigenvalue weighted by atomic mass is 9.94. The predicted molar refractivity (Wildman–Crippen MR) is 115 cm³/mol. The van der Waals surface area contributed by atoms with Crippen molar-refractivity contribution < 1.29 is 28.4 Å². The Morgan fingerprint density at radius 2 is 1.74 bits per heavy atom. The molecule has 2 aliphatic rings. The fourth-order valence-electron chi connectivity index (χ4n) is 3.68. The van der Waals surface area contributed by atoms with Crippen molar-refractivity contribution in [2.24, 2.45) is 5.92 Å². The van der Waals surface area contributed by atoms with E-state index in [1.165, 1.54) is 18.8 Å². The van der Waals surface area contributed by atoms with E-state index in [-0.39, 0.29) is 12.3 Å². The number of benzene rings is 2. The minimum absolute atomic E-state index is 0.177. The van der Waals surface area contributed by atoms with Gasteiger partial charge in [0.05, 0.1) is 14.2 Å². The van der Waals surface area contributed by atoms with Gasteiger partial charge in [0.15, 0.2) is 18.0 Å². The monoisotopic (exact) mass is 417 g/mol. The third-order valence-electron chi connectivity index (χ3n) is 5.24. The molecular weight excluding hydrogens is 396 g/mol. The second-order valence-electron chi connectivity index (χ2n) is 7.02. The largest absolute Gasteiger partial charge is 0.506 e. The van der Waals surface area contributed by atoms with E-state index in [1.54, 1.807) is 66.8 Å². The summed E-state index contributed by atoms with van der Waals surface area (Å²) < 4.78 is 11.9. The second-order valence-corrected chi connectivity index (χ2v) is 7.02. The number of urea groups is 1.